The van der Waals surface area contributed by atoms with E-state index in [-0.39, 0.29) is 35.7 Å². The Bertz CT molecular complexity index is 1230. The molecule has 9 nitrogen and oxygen atoms in total. The Morgan fingerprint density at radius 1 is 1.12 bits per heavy atom. The van der Waals surface area contributed by atoms with Gasteiger partial charge in [-0.3, -0.25) is 9.71 Å². The molecule has 2 heterocycles. The average Bonchev–Trinajstić information content (AvgIpc) is 2.78. The van der Waals surface area contributed by atoms with Crippen molar-refractivity contribution >= 4 is 33.2 Å². The molecule has 1 unspecified atom stereocenters. The molecule has 0 amide bonds. The number of nitrogens with zero attached hydrogens (tertiary/aromatic N) is 3. The summed E-state index contributed by atoms with van der Waals surface area (Å²) < 4.78 is 66.8. The Kier molecular flexibility index (Phi) is 7.57. The van der Waals surface area contributed by atoms with Gasteiger partial charge in [-0.2, -0.15) is 18.2 Å². The minimum atomic E-state index is -4.71. The van der Waals surface area contributed by atoms with Gasteiger partial charge < -0.3 is 16.4 Å². The molecule has 13 heteroatoms. The zero-order valence-corrected chi connectivity index (χ0v) is 19.2. The van der Waals surface area contributed by atoms with Gasteiger partial charge in [0.15, 0.2) is 0 Å². The van der Waals surface area contributed by atoms with Crippen LogP contribution < -0.4 is 21.1 Å². The van der Waals surface area contributed by atoms with Gasteiger partial charge in [0.25, 0.3) is 0 Å². The third-order valence-corrected chi connectivity index (χ3v) is 6.04. The maximum atomic E-state index is 13.5. The van der Waals surface area contributed by atoms with Crippen molar-refractivity contribution in [2.24, 2.45) is 5.73 Å². The maximum absolute atomic E-state index is 13.5. The van der Waals surface area contributed by atoms with E-state index in [1.165, 1.54) is 25.3 Å². The number of sulfonamides is 1. The van der Waals surface area contributed by atoms with Crippen molar-refractivity contribution in [2.75, 3.05) is 21.1 Å². The highest BCUT2D eigenvalue weighted by atomic mass is 32.2. The molecule has 0 aliphatic heterocycles. The average molecular weight is 496 g/mol. The molecule has 0 fully saturated rings. The van der Waals surface area contributed by atoms with Crippen LogP contribution in [-0.4, -0.2) is 29.1 Å². The lowest BCUT2D eigenvalue weighted by Gasteiger charge is -2.16. The second-order valence-electron chi connectivity index (χ2n) is 7.35. The molecule has 0 aliphatic carbocycles. The molecule has 0 saturated heterocycles. The Morgan fingerprint density at radius 2 is 1.82 bits per heavy atom. The fraction of sp³-hybridized carbons (Fsp3) is 0.286. The summed E-state index contributed by atoms with van der Waals surface area (Å²) in [6.07, 6.45) is -2.63. The lowest BCUT2D eigenvalue weighted by Crippen LogP contribution is -2.18. The lowest BCUT2D eigenvalue weighted by atomic mass is 10.1. The molecular weight excluding hydrogens is 471 g/mol. The first kappa shape index (κ1) is 25.2. The van der Waals surface area contributed by atoms with E-state index in [9.17, 15) is 21.6 Å². The first-order chi connectivity index (χ1) is 16.0. The number of anilines is 4. The summed E-state index contributed by atoms with van der Waals surface area (Å²) in [4.78, 5) is 11.8. The number of nitrogens with one attached hydrogen (secondary N) is 3. The monoisotopic (exact) mass is 495 g/mol. The molecule has 0 spiro atoms. The largest absolute Gasteiger partial charge is 0.421 e. The standard InChI is InChI=1S/C21H24F3N7O2S/c1-3-34(32,33)31-17-5-4-10-26-18(17)12-27-19-16(21(22,23)24)11-28-20(30-19)29-15-8-6-14(7-9-15)13(2)25/h4-11,13,31H,3,12,25H2,1-2H3,(H2,27,28,29,30). The van der Waals surface area contributed by atoms with Gasteiger partial charge in [-0.05, 0) is 43.7 Å². The third kappa shape index (κ3) is 6.54. The van der Waals surface area contributed by atoms with Crippen LogP contribution in [0.15, 0.2) is 48.8 Å². The number of alkyl halides is 3. The van der Waals surface area contributed by atoms with Gasteiger partial charge in [0.1, 0.15) is 11.4 Å². The van der Waals surface area contributed by atoms with Crippen molar-refractivity contribution < 1.29 is 21.6 Å². The minimum absolute atomic E-state index is 0.0584. The van der Waals surface area contributed by atoms with Gasteiger partial charge in [-0.25, -0.2) is 13.4 Å². The summed E-state index contributed by atoms with van der Waals surface area (Å²) in [7, 11) is -3.60. The quantitative estimate of drug-likeness (QED) is 0.350. The van der Waals surface area contributed by atoms with E-state index in [1.54, 1.807) is 24.3 Å². The summed E-state index contributed by atoms with van der Waals surface area (Å²) in [5.74, 6) is -0.705. The lowest BCUT2D eigenvalue weighted by molar-refractivity contribution is -0.137. The van der Waals surface area contributed by atoms with Crippen molar-refractivity contribution in [1.29, 1.82) is 0 Å². The van der Waals surface area contributed by atoms with Gasteiger partial charge >= 0.3 is 6.18 Å². The number of hydrogen-bond acceptors (Lipinski definition) is 8. The molecule has 182 valence electrons. The van der Waals surface area contributed by atoms with Crippen LogP contribution in [-0.2, 0) is 22.7 Å². The van der Waals surface area contributed by atoms with Crippen LogP contribution in [0.2, 0.25) is 0 Å². The fourth-order valence-corrected chi connectivity index (χ4v) is 3.53. The molecular formula is C21H24F3N7O2S. The van der Waals surface area contributed by atoms with Crippen molar-refractivity contribution in [2.45, 2.75) is 32.6 Å². The van der Waals surface area contributed by atoms with Crippen LogP contribution in [0.1, 0.15) is 36.7 Å². The second-order valence-corrected chi connectivity index (χ2v) is 9.36. The number of nitrogens with two attached hydrogens (primary N) is 1. The summed E-state index contributed by atoms with van der Waals surface area (Å²) in [5.41, 5.74) is 6.57. The van der Waals surface area contributed by atoms with Crippen LogP contribution in [0.25, 0.3) is 0 Å². The zero-order chi connectivity index (χ0) is 24.9. The molecule has 5 N–H and O–H groups in total. The van der Waals surface area contributed by atoms with Crippen LogP contribution >= 0.6 is 0 Å². The zero-order valence-electron chi connectivity index (χ0n) is 18.4. The van der Waals surface area contributed by atoms with E-state index in [1.807, 2.05) is 6.92 Å². The smallest absolute Gasteiger partial charge is 0.364 e. The van der Waals surface area contributed by atoms with E-state index < -0.39 is 27.6 Å². The molecule has 0 radical (unpaired) electrons. The molecule has 34 heavy (non-hydrogen) atoms. The molecule has 0 bridgehead atoms. The summed E-state index contributed by atoms with van der Waals surface area (Å²) >= 11 is 0. The van der Waals surface area contributed by atoms with Gasteiger partial charge in [0.2, 0.25) is 16.0 Å². The van der Waals surface area contributed by atoms with E-state index in [0.717, 1.165) is 5.56 Å². The van der Waals surface area contributed by atoms with Gasteiger partial charge in [-0.15, -0.1) is 0 Å². The predicted molar refractivity (Wildman–Crippen MR) is 124 cm³/mol. The number of rotatable bonds is 9. The third-order valence-electron chi connectivity index (χ3n) is 4.75. The maximum Gasteiger partial charge on any atom is 0.421 e. The summed E-state index contributed by atoms with van der Waals surface area (Å²) in [6, 6.07) is 9.83. The molecule has 1 atom stereocenters. The molecule has 3 rings (SSSR count). The second kappa shape index (κ2) is 10.2. The van der Waals surface area contributed by atoms with E-state index in [4.69, 9.17) is 5.73 Å². The number of halogens is 3. The van der Waals surface area contributed by atoms with E-state index in [2.05, 4.69) is 30.3 Å². The first-order valence-corrected chi connectivity index (χ1v) is 11.9. The van der Waals surface area contributed by atoms with E-state index in [0.29, 0.717) is 11.9 Å². The fourth-order valence-electron chi connectivity index (χ4n) is 2.86. The summed E-state index contributed by atoms with van der Waals surface area (Å²) in [5, 5.41) is 5.47. The van der Waals surface area contributed by atoms with Crippen molar-refractivity contribution in [3.63, 3.8) is 0 Å². The topological polar surface area (TPSA) is 135 Å². The number of aromatic nitrogens is 3. The SMILES string of the molecule is CCS(=O)(=O)Nc1cccnc1CNc1nc(Nc2ccc(C(C)N)cc2)ncc1C(F)(F)F. The number of benzene rings is 1. The van der Waals surface area contributed by atoms with Crippen LogP contribution in [0, 0.1) is 0 Å². The highest BCUT2D eigenvalue weighted by molar-refractivity contribution is 7.92. The Labute approximate surface area is 195 Å². The van der Waals surface area contributed by atoms with Crippen LogP contribution in [0.5, 0.6) is 0 Å². The van der Waals surface area contributed by atoms with Gasteiger partial charge in [0.05, 0.1) is 23.7 Å². The Hall–Kier alpha value is -3.45. The Morgan fingerprint density at radius 3 is 2.44 bits per heavy atom. The van der Waals surface area contributed by atoms with Crippen molar-refractivity contribution in [3.8, 4) is 0 Å². The Balaban J connectivity index is 1.86. The van der Waals surface area contributed by atoms with Crippen LogP contribution in [0.3, 0.4) is 0 Å². The number of pyridine rings is 1. The van der Waals surface area contributed by atoms with E-state index >= 15 is 0 Å². The predicted octanol–water partition coefficient (Wildman–Crippen LogP) is 4.03. The molecule has 0 saturated carbocycles. The molecule has 0 aliphatic rings. The molecule has 2 aromatic heterocycles. The highest BCUT2D eigenvalue weighted by Crippen LogP contribution is 2.34. The van der Waals surface area contributed by atoms with Crippen molar-refractivity contribution in [1.82, 2.24) is 15.0 Å². The molecule has 3 aromatic rings. The minimum Gasteiger partial charge on any atom is -0.364 e. The van der Waals surface area contributed by atoms with Gasteiger partial charge in [0, 0.05) is 24.1 Å². The van der Waals surface area contributed by atoms with Crippen LogP contribution in [0.4, 0.5) is 36.3 Å². The van der Waals surface area contributed by atoms with Crippen molar-refractivity contribution in [3.05, 3.63) is 65.6 Å². The first-order valence-electron chi connectivity index (χ1n) is 10.2. The van der Waals surface area contributed by atoms with Gasteiger partial charge in [-0.1, -0.05) is 12.1 Å². The molecule has 1 aromatic carbocycles. The highest BCUT2D eigenvalue weighted by Gasteiger charge is 2.35. The summed E-state index contributed by atoms with van der Waals surface area (Å²) in [6.45, 7) is 3.08. The normalized spacial score (nSPS) is 12.8. The number of hydrogen-bond donors (Lipinski definition) is 4.